The summed E-state index contributed by atoms with van der Waals surface area (Å²) < 4.78 is 0. The molecule has 2 fully saturated rings. The minimum absolute atomic E-state index is 0.0156. The van der Waals surface area contributed by atoms with Gasteiger partial charge in [0.2, 0.25) is 0 Å². The van der Waals surface area contributed by atoms with E-state index in [1.165, 1.54) is 12.0 Å². The Balaban J connectivity index is 1.52. The lowest BCUT2D eigenvalue weighted by Crippen LogP contribution is -2.54. The second-order valence-electron chi connectivity index (χ2n) is 7.50. The highest BCUT2D eigenvalue weighted by Gasteiger charge is 2.33. The van der Waals surface area contributed by atoms with Crippen molar-refractivity contribution >= 4 is 6.03 Å². The summed E-state index contributed by atoms with van der Waals surface area (Å²) in [4.78, 5) is 14.5. The summed E-state index contributed by atoms with van der Waals surface area (Å²) in [6, 6.07) is 8.21. The van der Waals surface area contributed by atoms with E-state index in [-0.39, 0.29) is 17.7 Å². The van der Waals surface area contributed by atoms with Crippen LogP contribution in [0.15, 0.2) is 24.3 Å². The van der Waals surface area contributed by atoms with Crippen LogP contribution in [0, 0.1) is 0 Å². The first-order valence-corrected chi connectivity index (χ1v) is 9.07. The van der Waals surface area contributed by atoms with Crippen molar-refractivity contribution in [1.82, 2.24) is 15.5 Å². The fourth-order valence-electron chi connectivity index (χ4n) is 3.53. The van der Waals surface area contributed by atoms with Crippen LogP contribution in [0.3, 0.4) is 0 Å². The summed E-state index contributed by atoms with van der Waals surface area (Å²) in [5, 5.41) is 15.7. The monoisotopic (exact) mass is 331 g/mol. The molecule has 3 rings (SSSR count). The molecule has 2 aliphatic rings. The lowest BCUT2D eigenvalue weighted by Gasteiger charge is -2.39. The Kier molecular flexibility index (Phi) is 5.41. The lowest BCUT2D eigenvalue weighted by molar-refractivity contribution is 0.0791. The molecule has 1 saturated heterocycles. The molecule has 24 heavy (non-hydrogen) atoms. The van der Waals surface area contributed by atoms with Crippen molar-refractivity contribution in [3.05, 3.63) is 35.4 Å². The van der Waals surface area contributed by atoms with Gasteiger partial charge >= 0.3 is 6.03 Å². The molecule has 132 valence electrons. The molecule has 1 aromatic rings. The van der Waals surface area contributed by atoms with Crippen molar-refractivity contribution in [2.24, 2.45) is 0 Å². The third-order valence-corrected chi connectivity index (χ3v) is 5.38. The Labute approximate surface area is 144 Å². The van der Waals surface area contributed by atoms with Gasteiger partial charge in [0, 0.05) is 31.7 Å². The zero-order valence-corrected chi connectivity index (χ0v) is 14.6. The van der Waals surface area contributed by atoms with E-state index in [4.69, 9.17) is 0 Å². The first-order valence-electron chi connectivity index (χ1n) is 9.07. The van der Waals surface area contributed by atoms with Crippen molar-refractivity contribution in [2.75, 3.05) is 13.1 Å². The summed E-state index contributed by atoms with van der Waals surface area (Å²) in [6.07, 6.45) is 4.89. The van der Waals surface area contributed by atoms with Gasteiger partial charge in [0.1, 0.15) is 0 Å². The molecule has 1 aromatic carbocycles. The first kappa shape index (κ1) is 17.2. The van der Waals surface area contributed by atoms with Crippen molar-refractivity contribution < 1.29 is 9.90 Å². The maximum Gasteiger partial charge on any atom is 0.315 e. The normalized spacial score (nSPS) is 21.1. The van der Waals surface area contributed by atoms with E-state index in [0.29, 0.717) is 6.54 Å². The van der Waals surface area contributed by atoms with Crippen LogP contribution in [0.4, 0.5) is 4.79 Å². The molecule has 0 spiro atoms. The molecule has 1 saturated carbocycles. The number of urea groups is 1. The van der Waals surface area contributed by atoms with E-state index >= 15 is 0 Å². The SMILES string of the molecule is CC1(NC(=O)NCc2ccccc2CN2CCC(O)CC2)CCC1. The van der Waals surface area contributed by atoms with Crippen LogP contribution >= 0.6 is 0 Å². The summed E-state index contributed by atoms with van der Waals surface area (Å²) in [6.45, 7) is 5.40. The van der Waals surface area contributed by atoms with Crippen molar-refractivity contribution in [3.63, 3.8) is 0 Å². The molecule has 0 unspecified atom stereocenters. The summed E-state index contributed by atoms with van der Waals surface area (Å²) in [7, 11) is 0. The van der Waals surface area contributed by atoms with Gasteiger partial charge in [-0.05, 0) is 50.2 Å². The Hall–Kier alpha value is -1.59. The number of nitrogens with one attached hydrogen (secondary N) is 2. The second kappa shape index (κ2) is 7.53. The number of aliphatic hydroxyl groups excluding tert-OH is 1. The molecule has 5 heteroatoms. The van der Waals surface area contributed by atoms with Gasteiger partial charge in [0.15, 0.2) is 0 Å². The van der Waals surface area contributed by atoms with E-state index in [1.807, 2.05) is 12.1 Å². The molecule has 0 atom stereocenters. The molecule has 1 aliphatic heterocycles. The zero-order chi connectivity index (χ0) is 17.0. The van der Waals surface area contributed by atoms with Gasteiger partial charge in [-0.3, -0.25) is 4.90 Å². The predicted octanol–water partition coefficient (Wildman–Crippen LogP) is 2.39. The Morgan fingerprint density at radius 2 is 1.92 bits per heavy atom. The standard InChI is InChI=1S/C19H29N3O2/c1-19(9-4-10-19)21-18(24)20-13-15-5-2-3-6-16(15)14-22-11-7-17(23)8-12-22/h2-3,5-6,17,23H,4,7-14H2,1H3,(H2,20,21,24). The predicted molar refractivity (Wildman–Crippen MR) is 94.6 cm³/mol. The maximum absolute atomic E-state index is 12.1. The molecule has 0 aromatic heterocycles. The Morgan fingerprint density at radius 3 is 2.54 bits per heavy atom. The van der Waals surface area contributed by atoms with E-state index in [1.54, 1.807) is 0 Å². The molecule has 5 nitrogen and oxygen atoms in total. The van der Waals surface area contributed by atoms with E-state index in [0.717, 1.165) is 50.9 Å². The molecule has 0 radical (unpaired) electrons. The number of nitrogens with zero attached hydrogens (tertiary/aromatic N) is 1. The topological polar surface area (TPSA) is 64.6 Å². The zero-order valence-electron chi connectivity index (χ0n) is 14.6. The number of hydrogen-bond acceptors (Lipinski definition) is 3. The van der Waals surface area contributed by atoms with Crippen LogP contribution in [0.5, 0.6) is 0 Å². The fraction of sp³-hybridized carbons (Fsp3) is 0.632. The number of rotatable bonds is 5. The number of aliphatic hydroxyl groups is 1. The molecular formula is C19H29N3O2. The fourth-order valence-corrected chi connectivity index (χ4v) is 3.53. The maximum atomic E-state index is 12.1. The van der Waals surface area contributed by atoms with Gasteiger partial charge in [-0.2, -0.15) is 0 Å². The molecule has 1 heterocycles. The molecule has 0 bridgehead atoms. The number of hydrogen-bond donors (Lipinski definition) is 3. The summed E-state index contributed by atoms with van der Waals surface area (Å²) >= 11 is 0. The molecular weight excluding hydrogens is 302 g/mol. The second-order valence-corrected chi connectivity index (χ2v) is 7.50. The van der Waals surface area contributed by atoms with Gasteiger partial charge in [-0.1, -0.05) is 24.3 Å². The molecule has 2 amide bonds. The Bertz CT molecular complexity index is 563. The Morgan fingerprint density at radius 1 is 1.25 bits per heavy atom. The van der Waals surface area contributed by atoms with E-state index < -0.39 is 0 Å². The number of benzene rings is 1. The van der Waals surface area contributed by atoms with Crippen LogP contribution in [0.25, 0.3) is 0 Å². The highest BCUT2D eigenvalue weighted by molar-refractivity contribution is 5.74. The van der Waals surface area contributed by atoms with Crippen LogP contribution in [-0.4, -0.2) is 40.8 Å². The number of carbonyl (C=O) groups excluding carboxylic acids is 1. The highest BCUT2D eigenvalue weighted by atomic mass is 16.3. The molecule has 3 N–H and O–H groups in total. The average molecular weight is 331 g/mol. The number of piperidine rings is 1. The van der Waals surface area contributed by atoms with Gasteiger partial charge in [0.25, 0.3) is 0 Å². The van der Waals surface area contributed by atoms with Crippen molar-refractivity contribution in [3.8, 4) is 0 Å². The average Bonchev–Trinajstić information content (AvgIpc) is 2.55. The van der Waals surface area contributed by atoms with E-state index in [9.17, 15) is 9.90 Å². The number of amides is 2. The quantitative estimate of drug-likeness (QED) is 0.776. The van der Waals surface area contributed by atoms with Gasteiger partial charge < -0.3 is 15.7 Å². The van der Waals surface area contributed by atoms with Crippen LogP contribution in [0.2, 0.25) is 0 Å². The van der Waals surface area contributed by atoms with Crippen LogP contribution < -0.4 is 10.6 Å². The summed E-state index contributed by atoms with van der Waals surface area (Å²) in [5.41, 5.74) is 2.40. The minimum Gasteiger partial charge on any atom is -0.393 e. The van der Waals surface area contributed by atoms with Crippen molar-refractivity contribution in [1.29, 1.82) is 0 Å². The van der Waals surface area contributed by atoms with Gasteiger partial charge in [0.05, 0.1) is 6.10 Å². The molecule has 1 aliphatic carbocycles. The third-order valence-electron chi connectivity index (χ3n) is 5.38. The summed E-state index contributed by atoms with van der Waals surface area (Å²) in [5.74, 6) is 0. The van der Waals surface area contributed by atoms with Crippen LogP contribution in [0.1, 0.15) is 50.2 Å². The number of carbonyl (C=O) groups is 1. The smallest absolute Gasteiger partial charge is 0.315 e. The first-order chi connectivity index (χ1) is 11.5. The van der Waals surface area contributed by atoms with Gasteiger partial charge in [-0.25, -0.2) is 4.79 Å². The largest absolute Gasteiger partial charge is 0.393 e. The third kappa shape index (κ3) is 4.48. The highest BCUT2D eigenvalue weighted by Crippen LogP contribution is 2.30. The van der Waals surface area contributed by atoms with Crippen LogP contribution in [-0.2, 0) is 13.1 Å². The van der Waals surface area contributed by atoms with Gasteiger partial charge in [-0.15, -0.1) is 0 Å². The minimum atomic E-state index is -0.144. The van der Waals surface area contributed by atoms with Crippen molar-refractivity contribution in [2.45, 2.75) is 63.8 Å². The lowest BCUT2D eigenvalue weighted by atomic mass is 9.79. The van der Waals surface area contributed by atoms with E-state index in [2.05, 4.69) is 34.6 Å². The number of likely N-dealkylation sites (tertiary alicyclic amines) is 1.